The minimum atomic E-state index is -1.05. The van der Waals surface area contributed by atoms with Gasteiger partial charge < -0.3 is 10.0 Å². The topological polar surface area (TPSA) is 57.6 Å². The summed E-state index contributed by atoms with van der Waals surface area (Å²) in [7, 11) is 0. The monoisotopic (exact) mass is 325 g/mol. The second-order valence-corrected chi connectivity index (χ2v) is 5.95. The van der Waals surface area contributed by atoms with Crippen molar-refractivity contribution >= 4 is 27.8 Å². The lowest BCUT2D eigenvalue weighted by molar-refractivity contribution is -0.155. The zero-order valence-corrected chi connectivity index (χ0v) is 12.3. The van der Waals surface area contributed by atoms with Crippen LogP contribution in [0.2, 0.25) is 0 Å². The van der Waals surface area contributed by atoms with Crippen molar-refractivity contribution in [1.29, 1.82) is 0 Å². The van der Waals surface area contributed by atoms with Gasteiger partial charge >= 0.3 is 5.97 Å². The standard InChI is InChI=1S/C14H16BrNO3/c1-14(13(18)19)7-2-8-16(14)12(17)9-10-3-5-11(15)6-4-10/h3-6H,2,7-9H2,1H3,(H,18,19). The molecular weight excluding hydrogens is 310 g/mol. The first kappa shape index (κ1) is 14.1. The molecule has 1 amide bonds. The summed E-state index contributed by atoms with van der Waals surface area (Å²) in [6.45, 7) is 2.15. The number of carbonyl (C=O) groups excluding carboxylic acids is 1. The molecule has 5 heteroatoms. The Hall–Kier alpha value is -1.36. The summed E-state index contributed by atoms with van der Waals surface area (Å²) in [5.74, 6) is -1.04. The Kier molecular flexibility index (Phi) is 3.94. The molecule has 1 saturated heterocycles. The molecule has 1 aromatic carbocycles. The highest BCUT2D eigenvalue weighted by Gasteiger charge is 2.45. The first-order chi connectivity index (χ1) is 8.93. The summed E-state index contributed by atoms with van der Waals surface area (Å²) >= 11 is 3.34. The quantitative estimate of drug-likeness (QED) is 0.928. The fourth-order valence-electron chi connectivity index (χ4n) is 2.46. The number of aliphatic carboxylic acids is 1. The summed E-state index contributed by atoms with van der Waals surface area (Å²) in [6.07, 6.45) is 1.51. The Morgan fingerprint density at radius 2 is 2.00 bits per heavy atom. The normalized spacial score (nSPS) is 22.5. The summed E-state index contributed by atoms with van der Waals surface area (Å²) < 4.78 is 0.959. The van der Waals surface area contributed by atoms with Crippen LogP contribution >= 0.6 is 15.9 Å². The molecule has 1 unspecified atom stereocenters. The van der Waals surface area contributed by atoms with Gasteiger partial charge in [-0.1, -0.05) is 28.1 Å². The van der Waals surface area contributed by atoms with E-state index in [4.69, 9.17) is 0 Å². The molecule has 4 nitrogen and oxygen atoms in total. The Balaban J connectivity index is 2.11. The van der Waals surface area contributed by atoms with Crippen LogP contribution in [0.25, 0.3) is 0 Å². The predicted molar refractivity (Wildman–Crippen MR) is 74.8 cm³/mol. The van der Waals surface area contributed by atoms with Crippen LogP contribution in [0.5, 0.6) is 0 Å². The van der Waals surface area contributed by atoms with Gasteiger partial charge in [0.05, 0.1) is 6.42 Å². The van der Waals surface area contributed by atoms with E-state index >= 15 is 0 Å². The van der Waals surface area contributed by atoms with Gasteiger partial charge in [0.25, 0.3) is 0 Å². The van der Waals surface area contributed by atoms with Gasteiger partial charge in [-0.15, -0.1) is 0 Å². The number of hydrogen-bond donors (Lipinski definition) is 1. The zero-order chi connectivity index (χ0) is 14.0. The average Bonchev–Trinajstić information content (AvgIpc) is 2.76. The summed E-state index contributed by atoms with van der Waals surface area (Å²) in [6, 6.07) is 7.50. The maximum atomic E-state index is 12.3. The minimum Gasteiger partial charge on any atom is -0.480 e. The molecule has 0 aromatic heterocycles. The molecule has 0 spiro atoms. The van der Waals surface area contributed by atoms with E-state index in [1.165, 1.54) is 4.90 Å². The van der Waals surface area contributed by atoms with E-state index in [2.05, 4.69) is 15.9 Å². The van der Waals surface area contributed by atoms with Crippen LogP contribution in [-0.4, -0.2) is 34.0 Å². The van der Waals surface area contributed by atoms with Crippen molar-refractivity contribution in [3.05, 3.63) is 34.3 Å². The Bertz CT molecular complexity index is 500. The number of nitrogens with zero attached hydrogens (tertiary/aromatic N) is 1. The van der Waals surface area contributed by atoms with E-state index in [0.717, 1.165) is 16.5 Å². The van der Waals surface area contributed by atoms with Crippen LogP contribution in [0.4, 0.5) is 0 Å². The van der Waals surface area contributed by atoms with Crippen molar-refractivity contribution in [2.24, 2.45) is 0 Å². The van der Waals surface area contributed by atoms with Crippen LogP contribution in [-0.2, 0) is 16.0 Å². The Labute approximate surface area is 120 Å². The van der Waals surface area contributed by atoms with Gasteiger partial charge in [0.1, 0.15) is 5.54 Å². The average molecular weight is 326 g/mol. The third kappa shape index (κ3) is 2.81. The molecule has 1 heterocycles. The van der Waals surface area contributed by atoms with Crippen molar-refractivity contribution in [1.82, 2.24) is 4.90 Å². The van der Waals surface area contributed by atoms with E-state index in [1.54, 1.807) is 6.92 Å². The van der Waals surface area contributed by atoms with Crippen LogP contribution in [0.15, 0.2) is 28.7 Å². The maximum absolute atomic E-state index is 12.3. The molecule has 2 rings (SSSR count). The zero-order valence-electron chi connectivity index (χ0n) is 10.7. The van der Waals surface area contributed by atoms with E-state index < -0.39 is 11.5 Å². The lowest BCUT2D eigenvalue weighted by Crippen LogP contribution is -2.51. The van der Waals surface area contributed by atoms with Crippen LogP contribution in [0.3, 0.4) is 0 Å². The van der Waals surface area contributed by atoms with Crippen molar-refractivity contribution in [3.8, 4) is 0 Å². The highest BCUT2D eigenvalue weighted by atomic mass is 79.9. The smallest absolute Gasteiger partial charge is 0.329 e. The predicted octanol–water partition coefficient (Wildman–Crippen LogP) is 2.46. The second-order valence-electron chi connectivity index (χ2n) is 5.03. The number of carboxylic acids is 1. The number of rotatable bonds is 3. The minimum absolute atomic E-state index is 0.121. The number of hydrogen-bond acceptors (Lipinski definition) is 2. The van der Waals surface area contributed by atoms with Crippen molar-refractivity contribution in [2.45, 2.75) is 31.7 Å². The van der Waals surface area contributed by atoms with Gasteiger partial charge in [-0.2, -0.15) is 0 Å². The molecule has 1 atom stereocenters. The number of likely N-dealkylation sites (tertiary alicyclic amines) is 1. The van der Waals surface area contributed by atoms with Crippen LogP contribution in [0.1, 0.15) is 25.3 Å². The fraction of sp³-hybridized carbons (Fsp3) is 0.429. The van der Waals surface area contributed by atoms with Gasteiger partial charge in [0.2, 0.25) is 5.91 Å². The van der Waals surface area contributed by atoms with Gasteiger partial charge in [-0.3, -0.25) is 4.79 Å². The molecule has 1 fully saturated rings. The molecule has 1 aliphatic rings. The maximum Gasteiger partial charge on any atom is 0.329 e. The van der Waals surface area contributed by atoms with Gasteiger partial charge in [-0.05, 0) is 37.5 Å². The van der Waals surface area contributed by atoms with E-state index in [9.17, 15) is 14.7 Å². The van der Waals surface area contributed by atoms with E-state index in [-0.39, 0.29) is 12.3 Å². The van der Waals surface area contributed by atoms with Crippen molar-refractivity contribution in [3.63, 3.8) is 0 Å². The van der Waals surface area contributed by atoms with E-state index in [1.807, 2.05) is 24.3 Å². The number of carbonyl (C=O) groups is 2. The van der Waals surface area contributed by atoms with Crippen LogP contribution in [0, 0.1) is 0 Å². The molecular formula is C14H16BrNO3. The number of halogens is 1. The van der Waals surface area contributed by atoms with Gasteiger partial charge in [0.15, 0.2) is 0 Å². The molecule has 0 saturated carbocycles. The van der Waals surface area contributed by atoms with Gasteiger partial charge in [0, 0.05) is 11.0 Å². The summed E-state index contributed by atoms with van der Waals surface area (Å²) in [4.78, 5) is 25.1. The molecule has 19 heavy (non-hydrogen) atoms. The second kappa shape index (κ2) is 5.33. The Morgan fingerprint density at radius 3 is 2.58 bits per heavy atom. The summed E-state index contributed by atoms with van der Waals surface area (Å²) in [5.41, 5.74) is -0.153. The lowest BCUT2D eigenvalue weighted by atomic mass is 9.98. The van der Waals surface area contributed by atoms with Crippen molar-refractivity contribution in [2.75, 3.05) is 6.54 Å². The van der Waals surface area contributed by atoms with Crippen molar-refractivity contribution < 1.29 is 14.7 Å². The number of benzene rings is 1. The first-order valence-electron chi connectivity index (χ1n) is 6.22. The molecule has 1 N–H and O–H groups in total. The largest absolute Gasteiger partial charge is 0.480 e. The molecule has 1 aliphatic heterocycles. The molecule has 102 valence electrons. The first-order valence-corrected chi connectivity index (χ1v) is 7.01. The molecule has 1 aromatic rings. The molecule has 0 radical (unpaired) electrons. The third-order valence-corrected chi connectivity index (χ3v) is 4.20. The van der Waals surface area contributed by atoms with E-state index in [0.29, 0.717) is 13.0 Å². The third-order valence-electron chi connectivity index (χ3n) is 3.67. The highest BCUT2D eigenvalue weighted by Crippen LogP contribution is 2.29. The van der Waals surface area contributed by atoms with Crippen LogP contribution < -0.4 is 0 Å². The molecule has 0 bridgehead atoms. The SMILES string of the molecule is CC1(C(=O)O)CCCN1C(=O)Cc1ccc(Br)cc1. The number of amides is 1. The Morgan fingerprint density at radius 1 is 1.37 bits per heavy atom. The highest BCUT2D eigenvalue weighted by molar-refractivity contribution is 9.10. The summed E-state index contributed by atoms with van der Waals surface area (Å²) in [5, 5.41) is 9.29. The fourth-order valence-corrected chi connectivity index (χ4v) is 2.72. The van der Waals surface area contributed by atoms with Gasteiger partial charge in [-0.25, -0.2) is 4.79 Å². The lowest BCUT2D eigenvalue weighted by Gasteiger charge is -2.31. The number of carboxylic acid groups (broad SMARTS) is 1. The molecule has 0 aliphatic carbocycles.